The molecule has 0 bridgehead atoms. The van der Waals surface area contributed by atoms with Crippen LogP contribution in [0, 0.1) is 23.4 Å². The summed E-state index contributed by atoms with van der Waals surface area (Å²) in [6.45, 7) is 3.84. The van der Waals surface area contributed by atoms with Crippen molar-refractivity contribution in [3.63, 3.8) is 0 Å². The van der Waals surface area contributed by atoms with E-state index < -0.39 is 23.4 Å². The van der Waals surface area contributed by atoms with Crippen LogP contribution in [0.2, 0.25) is 0 Å². The van der Waals surface area contributed by atoms with Gasteiger partial charge in [0.25, 0.3) is 0 Å². The Morgan fingerprint density at radius 1 is 1.00 bits per heavy atom. The molecule has 3 rings (SSSR count). The molecule has 0 N–H and O–H groups in total. The van der Waals surface area contributed by atoms with Gasteiger partial charge in [-0.2, -0.15) is 0 Å². The van der Waals surface area contributed by atoms with Crippen molar-refractivity contribution in [3.8, 4) is 5.75 Å². The maximum atomic E-state index is 13.2. The zero-order chi connectivity index (χ0) is 18.7. The fraction of sp³-hybridized carbons (Fsp3) is 0.286. The summed E-state index contributed by atoms with van der Waals surface area (Å²) in [6.07, 6.45) is 6.39. The van der Waals surface area contributed by atoms with Crippen LogP contribution in [0.25, 0.3) is 0 Å². The van der Waals surface area contributed by atoms with Crippen molar-refractivity contribution >= 4 is 5.97 Å². The number of hydrogen-bond donors (Lipinski definition) is 0. The Balaban J connectivity index is 1.67. The summed E-state index contributed by atoms with van der Waals surface area (Å²) in [6, 6.07) is 8.30. The van der Waals surface area contributed by atoms with E-state index in [0.717, 1.165) is 31.2 Å². The highest BCUT2D eigenvalue weighted by molar-refractivity contribution is 5.91. The number of hydrogen-bond acceptors (Lipinski definition) is 2. The van der Waals surface area contributed by atoms with Gasteiger partial charge in [0.15, 0.2) is 17.5 Å². The molecule has 0 saturated heterocycles. The Labute approximate surface area is 150 Å². The average Bonchev–Trinajstić information content (AvgIpc) is 2.66. The minimum atomic E-state index is -1.60. The molecule has 1 aliphatic carbocycles. The van der Waals surface area contributed by atoms with E-state index in [2.05, 4.69) is 6.58 Å². The van der Waals surface area contributed by atoms with Crippen LogP contribution in [0.4, 0.5) is 13.2 Å². The highest BCUT2D eigenvalue weighted by Crippen LogP contribution is 2.36. The molecule has 136 valence electrons. The second-order valence-electron chi connectivity index (χ2n) is 6.56. The van der Waals surface area contributed by atoms with Crippen LogP contribution in [0.1, 0.15) is 47.5 Å². The molecule has 2 aromatic rings. The van der Waals surface area contributed by atoms with Crippen LogP contribution in [0.15, 0.2) is 49.1 Å². The van der Waals surface area contributed by atoms with Crippen molar-refractivity contribution in [2.75, 3.05) is 0 Å². The van der Waals surface area contributed by atoms with Gasteiger partial charge in [-0.1, -0.05) is 18.2 Å². The van der Waals surface area contributed by atoms with Crippen molar-refractivity contribution in [2.45, 2.75) is 31.6 Å². The lowest BCUT2D eigenvalue weighted by Gasteiger charge is -2.26. The van der Waals surface area contributed by atoms with Crippen molar-refractivity contribution in [3.05, 3.63) is 77.6 Å². The molecule has 0 radical (unpaired) electrons. The van der Waals surface area contributed by atoms with E-state index in [9.17, 15) is 18.0 Å². The summed E-state index contributed by atoms with van der Waals surface area (Å²) in [4.78, 5) is 12.1. The van der Waals surface area contributed by atoms with Gasteiger partial charge < -0.3 is 4.74 Å². The van der Waals surface area contributed by atoms with Gasteiger partial charge in [-0.05, 0) is 55.2 Å². The summed E-state index contributed by atoms with van der Waals surface area (Å²) in [5.41, 5.74) is 1.42. The second-order valence-corrected chi connectivity index (χ2v) is 6.56. The quantitative estimate of drug-likeness (QED) is 0.299. The first kappa shape index (κ1) is 18.2. The van der Waals surface area contributed by atoms with Crippen molar-refractivity contribution in [1.82, 2.24) is 0 Å². The van der Waals surface area contributed by atoms with E-state index in [0.29, 0.717) is 24.0 Å². The van der Waals surface area contributed by atoms with Crippen LogP contribution in [0.5, 0.6) is 5.75 Å². The Morgan fingerprint density at radius 2 is 1.58 bits per heavy atom. The molecule has 0 aromatic heterocycles. The Kier molecular flexibility index (Phi) is 5.45. The predicted molar refractivity (Wildman–Crippen MR) is 92.6 cm³/mol. The fourth-order valence-corrected chi connectivity index (χ4v) is 3.34. The molecule has 0 spiro atoms. The smallest absolute Gasteiger partial charge is 0.343 e. The van der Waals surface area contributed by atoms with Crippen molar-refractivity contribution in [1.29, 1.82) is 0 Å². The van der Waals surface area contributed by atoms with E-state index in [1.807, 2.05) is 18.2 Å². The lowest BCUT2D eigenvalue weighted by Crippen LogP contribution is -2.12. The fourth-order valence-electron chi connectivity index (χ4n) is 3.34. The molecule has 26 heavy (non-hydrogen) atoms. The summed E-state index contributed by atoms with van der Waals surface area (Å²) in [7, 11) is 0. The van der Waals surface area contributed by atoms with Gasteiger partial charge in [-0.25, -0.2) is 18.0 Å². The minimum Gasteiger partial charge on any atom is -0.423 e. The molecule has 1 aliphatic rings. The number of benzene rings is 2. The van der Waals surface area contributed by atoms with Gasteiger partial charge in [-0.3, -0.25) is 0 Å². The lowest BCUT2D eigenvalue weighted by atomic mass is 9.79. The molecular formula is C21H19F3O2. The number of carbonyl (C=O) groups is 1. The number of halogens is 3. The molecule has 0 aliphatic heterocycles. The van der Waals surface area contributed by atoms with Crippen LogP contribution in [0.3, 0.4) is 0 Å². The van der Waals surface area contributed by atoms with Crippen LogP contribution in [-0.2, 0) is 0 Å². The van der Waals surface area contributed by atoms with E-state index in [4.69, 9.17) is 4.74 Å². The number of rotatable bonds is 4. The number of esters is 1. The van der Waals surface area contributed by atoms with Gasteiger partial charge in [-0.15, -0.1) is 6.58 Å². The molecule has 0 atom stereocenters. The van der Waals surface area contributed by atoms with Crippen LogP contribution in [-0.4, -0.2) is 5.97 Å². The van der Waals surface area contributed by atoms with Crippen LogP contribution >= 0.6 is 0 Å². The number of carbonyl (C=O) groups excluding carboxylic acids is 1. The third-order valence-electron chi connectivity index (χ3n) is 4.89. The molecule has 0 heterocycles. The summed E-state index contributed by atoms with van der Waals surface area (Å²) < 4.78 is 44.3. The van der Waals surface area contributed by atoms with Gasteiger partial charge in [0.1, 0.15) is 5.75 Å². The normalized spacial score (nSPS) is 19.8. The number of ether oxygens (including phenoxy) is 1. The molecule has 1 fully saturated rings. The third kappa shape index (κ3) is 3.98. The van der Waals surface area contributed by atoms with Gasteiger partial charge in [0.2, 0.25) is 0 Å². The molecule has 0 amide bonds. The summed E-state index contributed by atoms with van der Waals surface area (Å²) in [5.74, 6) is -4.50. The minimum absolute atomic E-state index is 0.263. The molecule has 5 heteroatoms. The van der Waals surface area contributed by atoms with Gasteiger partial charge in [0, 0.05) is 12.1 Å². The second kappa shape index (κ2) is 7.77. The lowest BCUT2D eigenvalue weighted by molar-refractivity contribution is 0.0733. The van der Waals surface area contributed by atoms with Crippen molar-refractivity contribution in [2.24, 2.45) is 5.92 Å². The molecule has 1 saturated carbocycles. The monoisotopic (exact) mass is 360 g/mol. The summed E-state index contributed by atoms with van der Waals surface area (Å²) in [5, 5.41) is 0. The first-order valence-corrected chi connectivity index (χ1v) is 8.57. The van der Waals surface area contributed by atoms with Crippen molar-refractivity contribution < 1.29 is 22.7 Å². The van der Waals surface area contributed by atoms with E-state index in [1.54, 1.807) is 12.1 Å². The van der Waals surface area contributed by atoms with E-state index >= 15 is 0 Å². The summed E-state index contributed by atoms with van der Waals surface area (Å²) >= 11 is 0. The van der Waals surface area contributed by atoms with E-state index in [-0.39, 0.29) is 11.3 Å². The highest BCUT2D eigenvalue weighted by atomic mass is 19.2. The zero-order valence-corrected chi connectivity index (χ0v) is 14.2. The molecule has 2 aromatic carbocycles. The average molecular weight is 360 g/mol. The largest absolute Gasteiger partial charge is 0.423 e. The molecular weight excluding hydrogens is 341 g/mol. The van der Waals surface area contributed by atoms with Gasteiger partial charge >= 0.3 is 5.97 Å². The SMILES string of the molecule is C=CC1CCC(c2ccc(C(=O)Oc3cc(F)c(F)c(F)c3)cc2)CC1. The standard InChI is InChI=1S/C21H19F3O2/c1-2-13-3-5-14(6-4-13)15-7-9-16(10-8-15)21(25)26-17-11-18(22)20(24)19(23)12-17/h2,7-14H,1,3-6H2. The first-order valence-electron chi connectivity index (χ1n) is 8.57. The third-order valence-corrected chi connectivity index (χ3v) is 4.89. The Morgan fingerprint density at radius 3 is 2.12 bits per heavy atom. The van der Waals surface area contributed by atoms with E-state index in [1.165, 1.54) is 0 Å². The van der Waals surface area contributed by atoms with Crippen LogP contribution < -0.4 is 4.74 Å². The predicted octanol–water partition coefficient (Wildman–Crippen LogP) is 5.78. The van der Waals surface area contributed by atoms with Gasteiger partial charge in [0.05, 0.1) is 5.56 Å². The first-order chi connectivity index (χ1) is 12.5. The highest BCUT2D eigenvalue weighted by Gasteiger charge is 2.21. The Hall–Kier alpha value is -2.56. The molecule has 0 unspecified atom stereocenters. The maximum Gasteiger partial charge on any atom is 0.343 e. The Bertz CT molecular complexity index is 784. The maximum absolute atomic E-state index is 13.2. The zero-order valence-electron chi connectivity index (χ0n) is 14.2. The topological polar surface area (TPSA) is 26.3 Å². The number of allylic oxidation sites excluding steroid dienone is 1. The molecule has 2 nitrogen and oxygen atoms in total.